The van der Waals surface area contributed by atoms with Crippen molar-refractivity contribution >= 4 is 17.6 Å². The van der Waals surface area contributed by atoms with Gasteiger partial charge in [0.15, 0.2) is 0 Å². The van der Waals surface area contributed by atoms with E-state index in [9.17, 15) is 14.4 Å². The molecule has 0 aromatic heterocycles. The number of hydrogen-bond acceptors (Lipinski definition) is 7. The van der Waals surface area contributed by atoms with E-state index in [1.165, 1.54) is 19.3 Å². The van der Waals surface area contributed by atoms with E-state index in [0.717, 1.165) is 77.8 Å². The first-order valence-corrected chi connectivity index (χ1v) is 19.4. The molecule has 3 N–H and O–H groups in total. The van der Waals surface area contributed by atoms with Crippen molar-refractivity contribution in [1.82, 2.24) is 25.8 Å². The highest BCUT2D eigenvalue weighted by Crippen LogP contribution is 2.70. The van der Waals surface area contributed by atoms with Crippen LogP contribution in [0.25, 0.3) is 0 Å². The molecule has 3 saturated heterocycles. The minimum Gasteiger partial charge on any atom is -0.357 e. The molecule has 9 heteroatoms. The molecule has 0 aromatic carbocycles. The summed E-state index contributed by atoms with van der Waals surface area (Å²) in [6, 6.07) is 0.119. The van der Waals surface area contributed by atoms with Gasteiger partial charge in [0.1, 0.15) is 17.9 Å². The molecule has 4 aliphatic carbocycles. The van der Waals surface area contributed by atoms with Crippen LogP contribution in [0.15, 0.2) is 0 Å². The van der Waals surface area contributed by atoms with Crippen molar-refractivity contribution in [3.8, 4) is 0 Å². The van der Waals surface area contributed by atoms with Crippen LogP contribution < -0.4 is 16.0 Å². The highest BCUT2D eigenvalue weighted by Gasteiger charge is 2.71. The summed E-state index contributed by atoms with van der Waals surface area (Å²) < 4.78 is 6.99. The Hall–Kier alpha value is -1.55. The standard InChI is InChI=1S/C38H63N5O4/c1-24-9-12-38(40-23-24)25(2)35-31(47-38)20-30-28-8-7-26-19-27(10-11-36(26,3)29(28)21-32(44)37(30,35)4)41-34(46)22-33(45)39-13-6-14-43-17-15-42(5)16-18-43/h24-31,35,40H,6-23H2,1-5H3,(H,39,45)(H,41,46)/t24-,25-,26+,27?,28+,29-,30-,31-,35-,36-,37+,38+/m0/s1. The van der Waals surface area contributed by atoms with Crippen molar-refractivity contribution in [1.29, 1.82) is 0 Å². The van der Waals surface area contributed by atoms with Crippen molar-refractivity contribution in [2.45, 2.75) is 116 Å². The molecule has 47 heavy (non-hydrogen) atoms. The predicted octanol–water partition coefficient (Wildman–Crippen LogP) is 3.81. The SMILES string of the molecule is C[C@H]1CC[C@@]2(NC1)O[C@H]1C[C@H]3[C@@H]4CC[C@@H]5CC(NC(=O)CC(=O)NCCCN6CCN(C)CC6)CC[C@]5(C)[C@H]4CC(=O)[C@]3(C)[C@H]1[C@@H]2C. The Morgan fingerprint density at radius 3 is 2.51 bits per heavy atom. The number of carbonyl (C=O) groups is 3. The molecule has 0 bridgehead atoms. The average Bonchev–Trinajstić information content (AvgIpc) is 3.49. The molecular weight excluding hydrogens is 590 g/mol. The zero-order chi connectivity index (χ0) is 33.1. The van der Waals surface area contributed by atoms with E-state index >= 15 is 0 Å². The number of fused-ring (bicyclic) bond motifs is 7. The van der Waals surface area contributed by atoms with E-state index in [0.29, 0.717) is 60.2 Å². The molecule has 12 atom stereocenters. The Bertz CT molecular complexity index is 1200. The second-order valence-corrected chi connectivity index (χ2v) is 17.8. The molecule has 0 radical (unpaired) electrons. The van der Waals surface area contributed by atoms with Crippen molar-refractivity contribution in [2.75, 3.05) is 52.9 Å². The Kier molecular flexibility index (Phi) is 9.36. The number of hydrogen-bond donors (Lipinski definition) is 3. The van der Waals surface area contributed by atoms with Crippen molar-refractivity contribution in [3.63, 3.8) is 0 Å². The fraction of sp³-hybridized carbons (Fsp3) is 0.921. The van der Waals surface area contributed by atoms with Gasteiger partial charge in [-0.3, -0.25) is 19.7 Å². The zero-order valence-electron chi connectivity index (χ0n) is 30.0. The molecule has 4 saturated carbocycles. The smallest absolute Gasteiger partial charge is 0.229 e. The van der Waals surface area contributed by atoms with Gasteiger partial charge in [-0.2, -0.15) is 0 Å². The van der Waals surface area contributed by atoms with Crippen LogP contribution in [-0.2, 0) is 19.1 Å². The van der Waals surface area contributed by atoms with E-state index in [4.69, 9.17) is 4.74 Å². The van der Waals surface area contributed by atoms with Gasteiger partial charge < -0.3 is 25.2 Å². The Morgan fingerprint density at radius 2 is 1.77 bits per heavy atom. The predicted molar refractivity (Wildman–Crippen MR) is 182 cm³/mol. The number of ketones is 1. The van der Waals surface area contributed by atoms with Gasteiger partial charge >= 0.3 is 0 Å². The van der Waals surface area contributed by atoms with Crippen LogP contribution in [0.2, 0.25) is 0 Å². The fourth-order valence-corrected chi connectivity index (χ4v) is 12.4. The maximum atomic E-state index is 14.4. The van der Waals surface area contributed by atoms with Crippen molar-refractivity contribution in [2.24, 2.45) is 52.3 Å². The second-order valence-electron chi connectivity index (χ2n) is 17.8. The second kappa shape index (κ2) is 13.0. The largest absolute Gasteiger partial charge is 0.357 e. The van der Waals surface area contributed by atoms with Gasteiger partial charge in [-0.05, 0) is 106 Å². The summed E-state index contributed by atoms with van der Waals surface area (Å²) >= 11 is 0. The minimum absolute atomic E-state index is 0.0922. The molecule has 264 valence electrons. The van der Waals surface area contributed by atoms with E-state index in [2.05, 4.69) is 60.5 Å². The summed E-state index contributed by atoms with van der Waals surface area (Å²) in [5.41, 5.74) is -0.390. The number of nitrogens with zero attached hydrogens (tertiary/aromatic N) is 2. The lowest BCUT2D eigenvalue weighted by molar-refractivity contribution is -0.160. The molecule has 0 aromatic rings. The lowest BCUT2D eigenvalue weighted by atomic mass is 9.44. The first kappa shape index (κ1) is 33.9. The Morgan fingerprint density at radius 1 is 0.979 bits per heavy atom. The Labute approximate surface area is 283 Å². The van der Waals surface area contributed by atoms with Crippen LogP contribution in [-0.4, -0.2) is 98.1 Å². The third kappa shape index (κ3) is 6.01. The molecular formula is C38H63N5O4. The first-order valence-electron chi connectivity index (χ1n) is 19.4. The number of likely N-dealkylation sites (N-methyl/N-ethyl adjacent to an activating group) is 1. The number of carbonyl (C=O) groups excluding carboxylic acids is 3. The quantitative estimate of drug-likeness (QED) is 0.284. The number of nitrogens with one attached hydrogen (secondary N) is 3. The molecule has 7 fully saturated rings. The third-order valence-corrected chi connectivity index (χ3v) is 15.3. The van der Waals surface area contributed by atoms with Gasteiger partial charge in [-0.15, -0.1) is 0 Å². The van der Waals surface area contributed by atoms with Gasteiger partial charge in [-0.25, -0.2) is 0 Å². The molecule has 3 aliphatic heterocycles. The van der Waals surface area contributed by atoms with Gasteiger partial charge in [-0.1, -0.05) is 27.7 Å². The lowest BCUT2D eigenvalue weighted by Crippen LogP contribution is -2.60. The van der Waals surface area contributed by atoms with Crippen LogP contribution in [0.1, 0.15) is 98.3 Å². The van der Waals surface area contributed by atoms with Gasteiger partial charge in [0.2, 0.25) is 11.8 Å². The number of piperazine rings is 1. The van der Waals surface area contributed by atoms with Crippen molar-refractivity contribution < 1.29 is 19.1 Å². The fourth-order valence-electron chi connectivity index (χ4n) is 12.4. The summed E-state index contributed by atoms with van der Waals surface area (Å²) in [5.74, 6) is 3.46. The van der Waals surface area contributed by atoms with Crippen LogP contribution in [0.3, 0.4) is 0 Å². The number of piperidine rings is 1. The monoisotopic (exact) mass is 653 g/mol. The van der Waals surface area contributed by atoms with Crippen LogP contribution in [0.4, 0.5) is 0 Å². The number of ether oxygens (including phenoxy) is 1. The van der Waals surface area contributed by atoms with Gasteiger partial charge in [0, 0.05) is 69.0 Å². The summed E-state index contributed by atoms with van der Waals surface area (Å²) in [6.45, 7) is 16.5. The normalized spacial score (nSPS) is 46.7. The van der Waals surface area contributed by atoms with Crippen LogP contribution in [0, 0.1) is 52.3 Å². The zero-order valence-corrected chi connectivity index (χ0v) is 30.0. The number of rotatable bonds is 7. The highest BCUT2D eigenvalue weighted by molar-refractivity contribution is 5.97. The summed E-state index contributed by atoms with van der Waals surface area (Å²) in [4.78, 5) is 44.6. The van der Waals surface area contributed by atoms with Crippen LogP contribution >= 0.6 is 0 Å². The number of Topliss-reactive ketones (excluding diaryl/α,β-unsaturated/α-hetero) is 1. The Balaban J connectivity index is 0.908. The van der Waals surface area contributed by atoms with Crippen molar-refractivity contribution in [3.05, 3.63) is 0 Å². The third-order valence-electron chi connectivity index (χ3n) is 15.3. The minimum atomic E-state index is -0.279. The maximum absolute atomic E-state index is 14.4. The average molecular weight is 654 g/mol. The van der Waals surface area contributed by atoms with E-state index < -0.39 is 0 Å². The summed E-state index contributed by atoms with van der Waals surface area (Å²) in [7, 11) is 2.16. The van der Waals surface area contributed by atoms with E-state index in [-0.39, 0.29) is 46.9 Å². The molecule has 3 heterocycles. The molecule has 1 unspecified atom stereocenters. The summed E-state index contributed by atoms with van der Waals surface area (Å²) in [5, 5.41) is 10.0. The topological polar surface area (TPSA) is 103 Å². The van der Waals surface area contributed by atoms with E-state index in [1.807, 2.05) is 0 Å². The molecule has 9 nitrogen and oxygen atoms in total. The van der Waals surface area contributed by atoms with Gasteiger partial charge in [0.25, 0.3) is 0 Å². The first-order chi connectivity index (χ1) is 22.4. The molecule has 7 rings (SSSR count). The highest BCUT2D eigenvalue weighted by atomic mass is 16.5. The molecule has 1 spiro atoms. The molecule has 2 amide bonds. The molecule has 7 aliphatic rings. The van der Waals surface area contributed by atoms with Crippen LogP contribution in [0.5, 0.6) is 0 Å². The number of amides is 2. The lowest BCUT2D eigenvalue weighted by Gasteiger charge is -2.60. The van der Waals surface area contributed by atoms with E-state index in [1.54, 1.807) is 0 Å². The van der Waals surface area contributed by atoms with Gasteiger partial charge in [0.05, 0.1) is 6.10 Å². The summed E-state index contributed by atoms with van der Waals surface area (Å²) in [6.07, 6.45) is 10.3. The maximum Gasteiger partial charge on any atom is 0.229 e.